The van der Waals surface area contributed by atoms with Gasteiger partial charge in [-0.15, -0.1) is 0 Å². The molecule has 0 radical (unpaired) electrons. The lowest BCUT2D eigenvalue weighted by Gasteiger charge is -2.15. The molecule has 1 atom stereocenters. The van der Waals surface area contributed by atoms with Crippen molar-refractivity contribution in [1.82, 2.24) is 5.32 Å². The van der Waals surface area contributed by atoms with Crippen molar-refractivity contribution in [1.29, 1.82) is 0 Å². The second-order valence-corrected chi connectivity index (χ2v) is 4.95. The lowest BCUT2D eigenvalue weighted by atomic mass is 10.1. The molecule has 1 amide bonds. The molecule has 0 fully saturated rings. The summed E-state index contributed by atoms with van der Waals surface area (Å²) in [6, 6.07) is 10.4. The lowest BCUT2D eigenvalue weighted by molar-refractivity contribution is -0.121. The first-order valence-electron chi connectivity index (χ1n) is 6.87. The number of rotatable bonds is 5. The topological polar surface area (TPSA) is 38.3 Å². The second kappa shape index (κ2) is 7.02. The van der Waals surface area contributed by atoms with E-state index >= 15 is 0 Å². The van der Waals surface area contributed by atoms with Crippen molar-refractivity contribution in [2.45, 2.75) is 19.4 Å². The number of ether oxygens (including phenoxy) is 1. The Balaban J connectivity index is 2.03. The Bertz CT molecular complexity index is 673. The molecule has 5 heteroatoms. The average molecular weight is 305 g/mol. The summed E-state index contributed by atoms with van der Waals surface area (Å²) >= 11 is 0. The van der Waals surface area contributed by atoms with Crippen LogP contribution in [0.1, 0.15) is 24.1 Å². The maximum absolute atomic E-state index is 13.2. The molecule has 0 bridgehead atoms. The Morgan fingerprint density at radius 2 is 1.91 bits per heavy atom. The number of hydrogen-bond donors (Lipinski definition) is 1. The molecule has 0 aliphatic carbocycles. The maximum Gasteiger partial charge on any atom is 0.225 e. The van der Waals surface area contributed by atoms with Gasteiger partial charge in [0.2, 0.25) is 5.91 Å². The van der Waals surface area contributed by atoms with Crippen LogP contribution in [0.25, 0.3) is 0 Å². The number of carbonyl (C=O) groups is 1. The van der Waals surface area contributed by atoms with Crippen LogP contribution in [0.5, 0.6) is 5.75 Å². The van der Waals surface area contributed by atoms with Crippen LogP contribution >= 0.6 is 0 Å². The fraction of sp³-hybridized carbons (Fsp3) is 0.235. The first-order chi connectivity index (χ1) is 10.5. The standard InChI is InChI=1S/C17H17F2NO2/c1-11(12-7-8-14(18)15(19)9-12)20-17(21)10-13-5-3-4-6-16(13)22-2/h3-9,11H,10H2,1-2H3,(H,20,21). The molecule has 0 aliphatic rings. The molecule has 0 saturated heterocycles. The first kappa shape index (κ1) is 15.9. The van der Waals surface area contributed by atoms with Crippen molar-refractivity contribution in [3.8, 4) is 5.75 Å². The molecule has 0 heterocycles. The minimum Gasteiger partial charge on any atom is -0.496 e. The molecule has 0 aromatic heterocycles. The van der Waals surface area contributed by atoms with Gasteiger partial charge in [0.15, 0.2) is 11.6 Å². The smallest absolute Gasteiger partial charge is 0.225 e. The normalized spacial score (nSPS) is 11.8. The lowest BCUT2D eigenvalue weighted by Crippen LogP contribution is -2.28. The van der Waals surface area contributed by atoms with Gasteiger partial charge < -0.3 is 10.1 Å². The van der Waals surface area contributed by atoms with Crippen LogP contribution in [0, 0.1) is 11.6 Å². The van der Waals surface area contributed by atoms with Crippen LogP contribution < -0.4 is 10.1 Å². The van der Waals surface area contributed by atoms with Gasteiger partial charge in [-0.25, -0.2) is 8.78 Å². The third-order valence-corrected chi connectivity index (χ3v) is 3.36. The Labute approximate surface area is 127 Å². The minimum atomic E-state index is -0.927. The van der Waals surface area contributed by atoms with Crippen LogP contribution in [-0.2, 0) is 11.2 Å². The molecule has 0 saturated carbocycles. The van der Waals surface area contributed by atoms with E-state index in [1.165, 1.54) is 6.07 Å². The quantitative estimate of drug-likeness (QED) is 0.919. The molecule has 0 aliphatic heterocycles. The van der Waals surface area contributed by atoms with E-state index in [-0.39, 0.29) is 12.3 Å². The van der Waals surface area contributed by atoms with Crippen LogP contribution in [-0.4, -0.2) is 13.0 Å². The van der Waals surface area contributed by atoms with E-state index in [0.717, 1.165) is 17.7 Å². The average Bonchev–Trinajstić information content (AvgIpc) is 2.50. The highest BCUT2D eigenvalue weighted by molar-refractivity contribution is 5.79. The Morgan fingerprint density at radius 1 is 1.18 bits per heavy atom. The van der Waals surface area contributed by atoms with Gasteiger partial charge in [0.1, 0.15) is 5.75 Å². The van der Waals surface area contributed by atoms with Gasteiger partial charge in [0, 0.05) is 5.56 Å². The van der Waals surface area contributed by atoms with Gasteiger partial charge >= 0.3 is 0 Å². The predicted octanol–water partition coefficient (Wildman–Crippen LogP) is 3.39. The fourth-order valence-electron chi connectivity index (χ4n) is 2.18. The number of carbonyl (C=O) groups excluding carboxylic acids is 1. The van der Waals surface area contributed by atoms with E-state index < -0.39 is 17.7 Å². The largest absolute Gasteiger partial charge is 0.496 e. The maximum atomic E-state index is 13.2. The molecule has 1 unspecified atom stereocenters. The third kappa shape index (κ3) is 3.81. The van der Waals surface area contributed by atoms with Crippen LogP contribution in [0.2, 0.25) is 0 Å². The van der Waals surface area contributed by atoms with Crippen molar-refractivity contribution in [2.75, 3.05) is 7.11 Å². The zero-order chi connectivity index (χ0) is 16.1. The molecule has 0 spiro atoms. The Morgan fingerprint density at radius 3 is 2.59 bits per heavy atom. The molecular weight excluding hydrogens is 288 g/mol. The summed E-state index contributed by atoms with van der Waals surface area (Å²) in [5.74, 6) is -1.42. The van der Waals surface area contributed by atoms with Crippen molar-refractivity contribution < 1.29 is 18.3 Å². The number of amides is 1. The highest BCUT2D eigenvalue weighted by Gasteiger charge is 2.14. The highest BCUT2D eigenvalue weighted by atomic mass is 19.2. The Hall–Kier alpha value is -2.43. The molecule has 2 aromatic rings. The monoisotopic (exact) mass is 305 g/mol. The molecule has 2 aromatic carbocycles. The van der Waals surface area contributed by atoms with Gasteiger partial charge in [-0.1, -0.05) is 24.3 Å². The Kier molecular flexibility index (Phi) is 5.09. The molecular formula is C17H17F2NO2. The molecule has 116 valence electrons. The molecule has 1 N–H and O–H groups in total. The summed E-state index contributed by atoms with van der Waals surface area (Å²) in [7, 11) is 1.54. The van der Waals surface area contributed by atoms with Crippen LogP contribution in [0.15, 0.2) is 42.5 Å². The minimum absolute atomic E-state index is 0.151. The van der Waals surface area contributed by atoms with Crippen molar-refractivity contribution in [3.05, 3.63) is 65.2 Å². The van der Waals surface area contributed by atoms with Crippen molar-refractivity contribution >= 4 is 5.91 Å². The van der Waals surface area contributed by atoms with Gasteiger partial charge in [0.05, 0.1) is 19.6 Å². The summed E-state index contributed by atoms with van der Waals surface area (Å²) in [6.45, 7) is 1.72. The summed E-state index contributed by atoms with van der Waals surface area (Å²) in [5.41, 5.74) is 1.27. The highest BCUT2D eigenvalue weighted by Crippen LogP contribution is 2.19. The van der Waals surface area contributed by atoms with E-state index in [1.807, 2.05) is 12.1 Å². The van der Waals surface area contributed by atoms with E-state index in [0.29, 0.717) is 11.3 Å². The van der Waals surface area contributed by atoms with E-state index in [2.05, 4.69) is 5.32 Å². The number of nitrogens with one attached hydrogen (secondary N) is 1. The second-order valence-electron chi connectivity index (χ2n) is 4.95. The van der Waals surface area contributed by atoms with Gasteiger partial charge in [0.25, 0.3) is 0 Å². The summed E-state index contributed by atoms with van der Waals surface area (Å²) in [4.78, 5) is 12.1. The zero-order valence-corrected chi connectivity index (χ0v) is 12.4. The SMILES string of the molecule is COc1ccccc1CC(=O)NC(C)c1ccc(F)c(F)c1. The fourth-order valence-corrected chi connectivity index (χ4v) is 2.18. The van der Waals surface area contributed by atoms with Gasteiger partial charge in [-0.3, -0.25) is 4.79 Å². The molecule has 22 heavy (non-hydrogen) atoms. The van der Waals surface area contributed by atoms with Gasteiger partial charge in [-0.2, -0.15) is 0 Å². The number of hydrogen-bond acceptors (Lipinski definition) is 2. The van der Waals surface area contributed by atoms with Crippen LogP contribution in [0.3, 0.4) is 0 Å². The third-order valence-electron chi connectivity index (χ3n) is 3.36. The summed E-state index contributed by atoms with van der Waals surface area (Å²) in [6.07, 6.45) is 0.151. The van der Waals surface area contributed by atoms with E-state index in [9.17, 15) is 13.6 Å². The predicted molar refractivity (Wildman–Crippen MR) is 79.6 cm³/mol. The summed E-state index contributed by atoms with van der Waals surface area (Å²) < 4.78 is 31.3. The first-order valence-corrected chi connectivity index (χ1v) is 6.87. The molecule has 2 rings (SSSR count). The van der Waals surface area contributed by atoms with Gasteiger partial charge in [-0.05, 0) is 30.7 Å². The molecule has 3 nitrogen and oxygen atoms in total. The number of halogens is 2. The van der Waals surface area contributed by atoms with Crippen LogP contribution in [0.4, 0.5) is 8.78 Å². The zero-order valence-electron chi connectivity index (χ0n) is 12.4. The van der Waals surface area contributed by atoms with E-state index in [4.69, 9.17) is 4.74 Å². The number of benzene rings is 2. The van der Waals surface area contributed by atoms with E-state index in [1.54, 1.807) is 26.2 Å². The number of methoxy groups -OCH3 is 1. The van der Waals surface area contributed by atoms with Crippen molar-refractivity contribution in [2.24, 2.45) is 0 Å². The van der Waals surface area contributed by atoms with Crippen molar-refractivity contribution in [3.63, 3.8) is 0 Å². The number of para-hydroxylation sites is 1. The summed E-state index contributed by atoms with van der Waals surface area (Å²) in [5, 5.41) is 2.76.